The maximum Gasteiger partial charge on any atom is 0.303 e. The Morgan fingerprint density at radius 3 is 2.64 bits per heavy atom. The summed E-state index contributed by atoms with van der Waals surface area (Å²) >= 11 is 0. The van der Waals surface area contributed by atoms with E-state index in [-0.39, 0.29) is 18.1 Å². The van der Waals surface area contributed by atoms with Crippen LogP contribution in [0.3, 0.4) is 0 Å². The molecule has 1 aromatic carbocycles. The van der Waals surface area contributed by atoms with Crippen LogP contribution in [0.25, 0.3) is 5.65 Å². The molecule has 0 fully saturated rings. The van der Waals surface area contributed by atoms with Gasteiger partial charge in [0.2, 0.25) is 0 Å². The largest absolute Gasteiger partial charge is 0.457 e. The number of fused-ring (bicyclic) bond motifs is 3. The van der Waals surface area contributed by atoms with E-state index < -0.39 is 6.10 Å². The summed E-state index contributed by atoms with van der Waals surface area (Å²) in [6, 6.07) is 11.8. The van der Waals surface area contributed by atoms with Crippen molar-refractivity contribution in [2.45, 2.75) is 45.9 Å². The van der Waals surface area contributed by atoms with Crippen molar-refractivity contribution in [1.82, 2.24) is 9.38 Å². The lowest BCUT2D eigenvalue weighted by Gasteiger charge is -2.39. The number of carbonyl (C=O) groups excluding carboxylic acids is 1. The molecule has 0 saturated heterocycles. The molecule has 0 spiro atoms. The Morgan fingerprint density at radius 2 is 1.96 bits per heavy atom. The number of nitrogens with one attached hydrogen (secondary N) is 1. The van der Waals surface area contributed by atoms with E-state index in [9.17, 15) is 4.79 Å². The van der Waals surface area contributed by atoms with E-state index in [0.29, 0.717) is 6.61 Å². The van der Waals surface area contributed by atoms with E-state index in [2.05, 4.69) is 16.6 Å². The number of pyridine rings is 1. The molecule has 3 aromatic rings. The van der Waals surface area contributed by atoms with Gasteiger partial charge in [0.1, 0.15) is 6.10 Å². The number of hydrogen-bond acceptors (Lipinski definition) is 5. The fourth-order valence-electron chi connectivity index (χ4n) is 3.95. The third-order valence-electron chi connectivity index (χ3n) is 5.34. The summed E-state index contributed by atoms with van der Waals surface area (Å²) in [6.07, 6.45) is 1.15. The molecule has 1 aliphatic heterocycles. The SMILES string of the molecule is CCO[C@@H]1c2ccn3c(C)c(C)nc3c2N[C@H](c2ccccc2)[C@H]1OC(C)=O. The third kappa shape index (κ3) is 3.03. The summed E-state index contributed by atoms with van der Waals surface area (Å²) in [6.45, 7) is 7.97. The summed E-state index contributed by atoms with van der Waals surface area (Å²) in [5.74, 6) is -0.325. The van der Waals surface area contributed by atoms with Crippen LogP contribution in [0, 0.1) is 13.8 Å². The number of hydrogen-bond donors (Lipinski definition) is 1. The second-order valence-corrected chi connectivity index (χ2v) is 7.10. The molecule has 0 unspecified atom stereocenters. The van der Waals surface area contributed by atoms with Crippen LogP contribution in [0.15, 0.2) is 42.6 Å². The van der Waals surface area contributed by atoms with Crippen LogP contribution in [0.4, 0.5) is 5.69 Å². The van der Waals surface area contributed by atoms with Crippen molar-refractivity contribution in [3.8, 4) is 0 Å². The van der Waals surface area contributed by atoms with Gasteiger partial charge in [0.25, 0.3) is 0 Å². The van der Waals surface area contributed by atoms with E-state index in [0.717, 1.165) is 33.8 Å². The Morgan fingerprint density at radius 1 is 1.21 bits per heavy atom. The highest BCUT2D eigenvalue weighted by Gasteiger charge is 2.41. The number of aryl methyl sites for hydroxylation is 2. The zero-order chi connectivity index (χ0) is 19.8. The van der Waals surface area contributed by atoms with Gasteiger partial charge in [-0.25, -0.2) is 4.98 Å². The lowest BCUT2D eigenvalue weighted by Crippen LogP contribution is -2.40. The molecule has 3 atom stereocenters. The molecular weight excluding hydrogens is 354 g/mol. The van der Waals surface area contributed by atoms with Crippen molar-refractivity contribution in [1.29, 1.82) is 0 Å². The van der Waals surface area contributed by atoms with Crippen LogP contribution in [-0.2, 0) is 14.3 Å². The average Bonchev–Trinajstić information content (AvgIpc) is 2.98. The van der Waals surface area contributed by atoms with Crippen LogP contribution in [0.2, 0.25) is 0 Å². The molecular formula is C22H25N3O3. The molecule has 3 heterocycles. The molecule has 0 radical (unpaired) electrons. The number of ether oxygens (including phenoxy) is 2. The molecule has 1 aliphatic rings. The minimum absolute atomic E-state index is 0.238. The first-order valence-corrected chi connectivity index (χ1v) is 9.59. The third-order valence-corrected chi connectivity index (χ3v) is 5.34. The lowest BCUT2D eigenvalue weighted by molar-refractivity contribution is -0.157. The van der Waals surface area contributed by atoms with E-state index in [1.807, 2.05) is 56.4 Å². The molecule has 0 bridgehead atoms. The molecule has 6 nitrogen and oxygen atoms in total. The fraction of sp³-hybridized carbons (Fsp3) is 0.364. The summed E-state index contributed by atoms with van der Waals surface area (Å²) < 4.78 is 14.0. The normalized spacial score (nSPS) is 21.2. The lowest BCUT2D eigenvalue weighted by atomic mass is 9.88. The van der Waals surface area contributed by atoms with Gasteiger partial charge in [0.15, 0.2) is 11.8 Å². The summed E-state index contributed by atoms with van der Waals surface area (Å²) in [5.41, 5.74) is 5.87. The van der Waals surface area contributed by atoms with E-state index in [1.54, 1.807) is 0 Å². The predicted molar refractivity (Wildman–Crippen MR) is 107 cm³/mol. The van der Waals surface area contributed by atoms with Crippen molar-refractivity contribution in [3.05, 3.63) is 65.1 Å². The molecule has 2 aromatic heterocycles. The average molecular weight is 379 g/mol. The van der Waals surface area contributed by atoms with Crippen molar-refractivity contribution < 1.29 is 14.3 Å². The van der Waals surface area contributed by atoms with Crippen molar-refractivity contribution in [2.24, 2.45) is 0 Å². The Balaban J connectivity index is 1.92. The Kier molecular flexibility index (Phi) is 4.81. The van der Waals surface area contributed by atoms with Gasteiger partial charge >= 0.3 is 5.97 Å². The maximum absolute atomic E-state index is 11.9. The smallest absolute Gasteiger partial charge is 0.303 e. The second kappa shape index (κ2) is 7.28. The number of carbonyl (C=O) groups is 1. The number of imidazole rings is 1. The van der Waals surface area contributed by atoms with E-state index >= 15 is 0 Å². The first kappa shape index (κ1) is 18.5. The minimum atomic E-state index is -0.480. The molecule has 6 heteroatoms. The minimum Gasteiger partial charge on any atom is -0.457 e. The number of rotatable bonds is 4. The van der Waals surface area contributed by atoms with Gasteiger partial charge < -0.3 is 19.2 Å². The van der Waals surface area contributed by atoms with Crippen LogP contribution in [0.5, 0.6) is 0 Å². The Bertz CT molecular complexity index is 1010. The molecule has 0 amide bonds. The first-order valence-electron chi connectivity index (χ1n) is 9.59. The molecule has 1 N–H and O–H groups in total. The highest BCUT2D eigenvalue weighted by Crippen LogP contribution is 2.44. The van der Waals surface area contributed by atoms with Crippen LogP contribution in [-0.4, -0.2) is 28.1 Å². The standard InChI is InChI=1S/C22H25N3O3/c1-5-27-20-17-11-12-25-14(3)13(2)23-22(25)19(17)24-18(21(20)28-15(4)26)16-9-7-6-8-10-16/h6-12,18,20-21,24H,5H2,1-4H3/t18-,20-,21-/m1/s1. The molecule has 0 saturated carbocycles. The van der Waals surface area contributed by atoms with Crippen LogP contribution < -0.4 is 5.32 Å². The van der Waals surface area contributed by atoms with Gasteiger partial charge in [-0.2, -0.15) is 0 Å². The molecule has 0 aliphatic carbocycles. The number of benzene rings is 1. The molecule has 28 heavy (non-hydrogen) atoms. The quantitative estimate of drug-likeness (QED) is 0.691. The van der Waals surface area contributed by atoms with Gasteiger partial charge in [0.05, 0.1) is 17.4 Å². The Labute approximate surface area is 164 Å². The monoisotopic (exact) mass is 379 g/mol. The molecule has 146 valence electrons. The Hall–Kier alpha value is -2.86. The van der Waals surface area contributed by atoms with E-state index in [4.69, 9.17) is 14.5 Å². The van der Waals surface area contributed by atoms with Crippen LogP contribution >= 0.6 is 0 Å². The topological polar surface area (TPSA) is 64.9 Å². The van der Waals surface area contributed by atoms with Gasteiger partial charge in [-0.15, -0.1) is 0 Å². The molecule has 4 rings (SSSR count). The fourth-order valence-corrected chi connectivity index (χ4v) is 3.95. The van der Waals surface area contributed by atoms with Crippen molar-refractivity contribution >= 4 is 17.3 Å². The van der Waals surface area contributed by atoms with Gasteiger partial charge in [-0.05, 0) is 32.4 Å². The van der Waals surface area contributed by atoms with Crippen molar-refractivity contribution in [2.75, 3.05) is 11.9 Å². The summed E-state index contributed by atoms with van der Waals surface area (Å²) in [7, 11) is 0. The summed E-state index contributed by atoms with van der Waals surface area (Å²) in [5, 5.41) is 3.60. The highest BCUT2D eigenvalue weighted by atomic mass is 16.6. The predicted octanol–water partition coefficient (Wildman–Crippen LogP) is 4.13. The van der Waals surface area contributed by atoms with Crippen molar-refractivity contribution in [3.63, 3.8) is 0 Å². The second-order valence-electron chi connectivity index (χ2n) is 7.10. The number of anilines is 1. The number of aromatic nitrogens is 2. The van der Waals surface area contributed by atoms with Gasteiger partial charge in [-0.1, -0.05) is 30.3 Å². The highest BCUT2D eigenvalue weighted by molar-refractivity contribution is 5.76. The maximum atomic E-state index is 11.9. The zero-order valence-electron chi connectivity index (χ0n) is 16.6. The first-order chi connectivity index (χ1) is 13.5. The zero-order valence-corrected chi connectivity index (χ0v) is 16.6. The number of nitrogens with zero attached hydrogens (tertiary/aromatic N) is 2. The van der Waals surface area contributed by atoms with E-state index in [1.165, 1.54) is 6.92 Å². The number of esters is 1. The van der Waals surface area contributed by atoms with Crippen LogP contribution in [0.1, 0.15) is 48.5 Å². The van der Waals surface area contributed by atoms with Gasteiger partial charge in [0, 0.05) is 31.0 Å². The summed E-state index contributed by atoms with van der Waals surface area (Å²) in [4.78, 5) is 16.7. The van der Waals surface area contributed by atoms with Gasteiger partial charge in [-0.3, -0.25) is 4.79 Å².